The molecule has 0 radical (unpaired) electrons. The molecule has 0 bridgehead atoms. The van der Waals surface area contributed by atoms with Crippen LogP contribution in [0.1, 0.15) is 44.1 Å². The van der Waals surface area contributed by atoms with Crippen molar-refractivity contribution in [2.75, 3.05) is 13.2 Å². The van der Waals surface area contributed by atoms with Crippen LogP contribution in [0.4, 0.5) is 0 Å². The topological polar surface area (TPSA) is 29.5 Å². The minimum atomic E-state index is -0.250. The smallest absolute Gasteiger partial charge is 0.0776 e. The summed E-state index contributed by atoms with van der Waals surface area (Å²) in [5.41, 5.74) is 1.42. The molecule has 1 unspecified atom stereocenters. The third kappa shape index (κ3) is 5.63. The normalized spacial score (nSPS) is 15.9. The molecule has 3 rings (SSSR count). The van der Waals surface area contributed by atoms with Crippen LogP contribution in [0.15, 0.2) is 42.5 Å². The van der Waals surface area contributed by atoms with Crippen LogP contribution in [0.2, 0.25) is 0 Å². The SMILES string of the molecule is OC(COCCCCCc1ccc2ccccc2c1)CC1CC1. The Kier molecular flexibility index (Phi) is 6.06. The van der Waals surface area contributed by atoms with Gasteiger partial charge in [0, 0.05) is 6.61 Å². The van der Waals surface area contributed by atoms with Crippen molar-refractivity contribution in [3.05, 3.63) is 48.0 Å². The van der Waals surface area contributed by atoms with Crippen molar-refractivity contribution in [3.63, 3.8) is 0 Å². The van der Waals surface area contributed by atoms with Crippen LogP contribution in [0.5, 0.6) is 0 Å². The molecule has 1 aliphatic rings. The minimum absolute atomic E-state index is 0.250. The van der Waals surface area contributed by atoms with E-state index in [9.17, 15) is 5.11 Å². The maximum absolute atomic E-state index is 9.77. The second kappa shape index (κ2) is 8.47. The molecule has 0 heterocycles. The summed E-state index contributed by atoms with van der Waals surface area (Å²) in [6, 6.07) is 15.3. The Balaban J connectivity index is 1.27. The second-order valence-corrected chi connectivity index (χ2v) is 6.90. The lowest BCUT2D eigenvalue weighted by Gasteiger charge is -2.10. The summed E-state index contributed by atoms with van der Waals surface area (Å²) in [4.78, 5) is 0. The van der Waals surface area contributed by atoms with Crippen LogP contribution >= 0.6 is 0 Å². The van der Waals surface area contributed by atoms with Gasteiger partial charge in [-0.3, -0.25) is 0 Å². The molecule has 1 N–H and O–H groups in total. The molecule has 1 fully saturated rings. The van der Waals surface area contributed by atoms with Crippen LogP contribution in [-0.4, -0.2) is 24.4 Å². The predicted octanol–water partition coefficient (Wildman–Crippen LogP) is 4.73. The highest BCUT2D eigenvalue weighted by molar-refractivity contribution is 5.82. The fourth-order valence-corrected chi connectivity index (χ4v) is 3.13. The zero-order valence-corrected chi connectivity index (χ0v) is 13.9. The molecular weight excluding hydrogens is 284 g/mol. The van der Waals surface area contributed by atoms with Crippen LogP contribution in [0.25, 0.3) is 10.8 Å². The number of unbranched alkanes of at least 4 members (excludes halogenated alkanes) is 2. The molecule has 1 aliphatic carbocycles. The van der Waals surface area contributed by atoms with Crippen molar-refractivity contribution in [2.45, 2.75) is 51.0 Å². The summed E-state index contributed by atoms with van der Waals surface area (Å²) in [6.45, 7) is 1.29. The highest BCUT2D eigenvalue weighted by atomic mass is 16.5. The third-order valence-electron chi connectivity index (χ3n) is 4.68. The van der Waals surface area contributed by atoms with E-state index in [1.54, 1.807) is 0 Å². The van der Waals surface area contributed by atoms with E-state index in [-0.39, 0.29) is 6.10 Å². The molecule has 23 heavy (non-hydrogen) atoms. The van der Waals surface area contributed by atoms with Gasteiger partial charge in [-0.15, -0.1) is 0 Å². The highest BCUT2D eigenvalue weighted by Gasteiger charge is 2.24. The maximum Gasteiger partial charge on any atom is 0.0776 e. The zero-order valence-electron chi connectivity index (χ0n) is 13.9. The monoisotopic (exact) mass is 312 g/mol. The number of aliphatic hydroxyl groups excluding tert-OH is 1. The summed E-state index contributed by atoms with van der Waals surface area (Å²) in [5, 5.41) is 12.4. The van der Waals surface area contributed by atoms with Gasteiger partial charge in [-0.25, -0.2) is 0 Å². The standard InChI is InChI=1S/C21H28O2/c22-21(15-18-9-10-18)16-23-13-5-1-2-6-17-11-12-19-7-3-4-8-20(19)14-17/h3-4,7-8,11-12,14,18,21-22H,1-2,5-6,9-10,13,15-16H2. The Labute approximate surface area is 139 Å². The van der Waals surface area contributed by atoms with Gasteiger partial charge in [-0.2, -0.15) is 0 Å². The van der Waals surface area contributed by atoms with E-state index in [0.717, 1.165) is 31.8 Å². The van der Waals surface area contributed by atoms with Gasteiger partial charge in [-0.05, 0) is 47.9 Å². The van der Waals surface area contributed by atoms with Crippen LogP contribution in [0.3, 0.4) is 0 Å². The molecule has 2 aromatic rings. The van der Waals surface area contributed by atoms with Crippen LogP contribution < -0.4 is 0 Å². The Hall–Kier alpha value is -1.38. The van der Waals surface area contributed by atoms with Crippen molar-refractivity contribution >= 4 is 10.8 Å². The molecule has 0 aliphatic heterocycles. The number of benzene rings is 2. The number of fused-ring (bicyclic) bond motifs is 1. The largest absolute Gasteiger partial charge is 0.391 e. The van der Waals surface area contributed by atoms with E-state index >= 15 is 0 Å². The molecule has 1 saturated carbocycles. The van der Waals surface area contributed by atoms with Gasteiger partial charge < -0.3 is 9.84 Å². The average molecular weight is 312 g/mol. The first-order valence-electron chi connectivity index (χ1n) is 9.05. The van der Waals surface area contributed by atoms with Crippen molar-refractivity contribution in [1.82, 2.24) is 0 Å². The summed E-state index contributed by atoms with van der Waals surface area (Å²) in [7, 11) is 0. The number of rotatable bonds is 10. The number of aliphatic hydroxyl groups is 1. The van der Waals surface area contributed by atoms with Crippen molar-refractivity contribution in [3.8, 4) is 0 Å². The lowest BCUT2D eigenvalue weighted by Crippen LogP contribution is -2.16. The second-order valence-electron chi connectivity index (χ2n) is 6.90. The first kappa shape index (κ1) is 16.5. The number of aryl methyl sites for hydroxylation is 1. The summed E-state index contributed by atoms with van der Waals surface area (Å²) in [6.07, 6.45) is 7.89. The Morgan fingerprint density at radius 2 is 1.83 bits per heavy atom. The fourth-order valence-electron chi connectivity index (χ4n) is 3.13. The minimum Gasteiger partial charge on any atom is -0.391 e. The Morgan fingerprint density at radius 3 is 2.65 bits per heavy atom. The first-order valence-corrected chi connectivity index (χ1v) is 9.05. The average Bonchev–Trinajstić information content (AvgIpc) is 3.37. The quantitative estimate of drug-likeness (QED) is 0.643. The van der Waals surface area contributed by atoms with E-state index in [4.69, 9.17) is 4.74 Å². The van der Waals surface area contributed by atoms with Gasteiger partial charge >= 0.3 is 0 Å². The fraction of sp³-hybridized carbons (Fsp3) is 0.524. The van der Waals surface area contributed by atoms with Gasteiger partial charge in [0.15, 0.2) is 0 Å². The summed E-state index contributed by atoms with van der Waals surface area (Å²) < 4.78 is 5.58. The van der Waals surface area contributed by atoms with E-state index in [0.29, 0.717) is 6.61 Å². The predicted molar refractivity (Wildman–Crippen MR) is 95.7 cm³/mol. The molecule has 124 valence electrons. The summed E-state index contributed by atoms with van der Waals surface area (Å²) >= 11 is 0. The first-order chi connectivity index (χ1) is 11.3. The lowest BCUT2D eigenvalue weighted by atomic mass is 10.0. The van der Waals surface area contributed by atoms with Crippen molar-refractivity contribution in [1.29, 1.82) is 0 Å². The van der Waals surface area contributed by atoms with E-state index in [1.807, 2.05) is 0 Å². The molecule has 2 aromatic carbocycles. The lowest BCUT2D eigenvalue weighted by molar-refractivity contribution is 0.0283. The molecule has 0 saturated heterocycles. The van der Waals surface area contributed by atoms with E-state index in [1.165, 1.54) is 42.0 Å². The molecule has 1 atom stereocenters. The Bertz CT molecular complexity index is 604. The van der Waals surface area contributed by atoms with Crippen LogP contribution in [-0.2, 0) is 11.2 Å². The highest BCUT2D eigenvalue weighted by Crippen LogP contribution is 2.33. The number of hydrogen-bond donors (Lipinski definition) is 1. The van der Waals surface area contributed by atoms with Crippen LogP contribution in [0, 0.1) is 5.92 Å². The Morgan fingerprint density at radius 1 is 1.00 bits per heavy atom. The third-order valence-corrected chi connectivity index (χ3v) is 4.68. The van der Waals surface area contributed by atoms with Gasteiger partial charge in [0.1, 0.15) is 0 Å². The van der Waals surface area contributed by atoms with Crippen molar-refractivity contribution < 1.29 is 9.84 Å². The molecule has 0 amide bonds. The van der Waals surface area contributed by atoms with Gasteiger partial charge in [0.05, 0.1) is 12.7 Å². The van der Waals surface area contributed by atoms with Gasteiger partial charge in [0.2, 0.25) is 0 Å². The van der Waals surface area contributed by atoms with E-state index < -0.39 is 0 Å². The molecule has 0 spiro atoms. The van der Waals surface area contributed by atoms with Gasteiger partial charge in [0.25, 0.3) is 0 Å². The number of ether oxygens (including phenoxy) is 1. The van der Waals surface area contributed by atoms with Crippen molar-refractivity contribution in [2.24, 2.45) is 5.92 Å². The molecule has 2 nitrogen and oxygen atoms in total. The maximum atomic E-state index is 9.77. The summed E-state index contributed by atoms with van der Waals surface area (Å²) in [5.74, 6) is 0.774. The molecule has 2 heteroatoms. The van der Waals surface area contributed by atoms with Gasteiger partial charge in [-0.1, -0.05) is 61.7 Å². The number of hydrogen-bond acceptors (Lipinski definition) is 2. The molecule has 0 aromatic heterocycles. The van der Waals surface area contributed by atoms with E-state index in [2.05, 4.69) is 42.5 Å². The molecular formula is C21H28O2. The zero-order chi connectivity index (χ0) is 15.9.